The molecule has 0 bridgehead atoms. The van der Waals surface area contributed by atoms with Gasteiger partial charge in [-0.25, -0.2) is 0 Å². The van der Waals surface area contributed by atoms with Gasteiger partial charge in [-0.2, -0.15) is 0 Å². The summed E-state index contributed by atoms with van der Waals surface area (Å²) in [5, 5.41) is 0. The fourth-order valence-electron chi connectivity index (χ4n) is 0.433. The summed E-state index contributed by atoms with van der Waals surface area (Å²) in [5.74, 6) is 0. The maximum absolute atomic E-state index is 3.17. The van der Waals surface area contributed by atoms with E-state index in [9.17, 15) is 0 Å². The van der Waals surface area contributed by atoms with E-state index in [4.69, 9.17) is 0 Å². The molecule has 0 aliphatic rings. The quantitative estimate of drug-likeness (QED) is 0.445. The molecule has 0 aromatic carbocycles. The van der Waals surface area contributed by atoms with E-state index in [0.29, 0.717) is 0 Å². The molecular formula is C3H12GaN3. The van der Waals surface area contributed by atoms with Crippen LogP contribution in [0.25, 0.3) is 0 Å². The summed E-state index contributed by atoms with van der Waals surface area (Å²) in [7, 11) is 5.91. The molecule has 4 heteroatoms. The van der Waals surface area contributed by atoms with Crippen molar-refractivity contribution in [2.75, 3.05) is 21.1 Å². The van der Waals surface area contributed by atoms with E-state index in [-0.39, 0.29) is 0 Å². The zero-order valence-electron chi connectivity index (χ0n) is 5.08. The number of hydrogen-bond donors (Lipinski definition) is 3. The molecule has 3 nitrogen and oxygen atoms in total. The van der Waals surface area contributed by atoms with E-state index in [1.807, 2.05) is 21.1 Å². The zero-order valence-corrected chi connectivity index (χ0v) is 7.50. The Morgan fingerprint density at radius 1 is 0.857 bits per heavy atom. The topological polar surface area (TPSA) is 36.1 Å². The molecule has 7 heavy (non-hydrogen) atoms. The van der Waals surface area contributed by atoms with Crippen LogP contribution in [0.1, 0.15) is 0 Å². The van der Waals surface area contributed by atoms with Crippen LogP contribution in [0.15, 0.2) is 0 Å². The second-order valence-corrected chi connectivity index (χ2v) is 6.75. The minimum atomic E-state index is -1.33. The molecule has 0 aromatic heterocycles. The van der Waals surface area contributed by atoms with Crippen molar-refractivity contribution in [2.24, 2.45) is 0 Å². The Labute approximate surface area is 50.7 Å². The molecule has 0 unspecified atom stereocenters. The van der Waals surface area contributed by atoms with Gasteiger partial charge in [0.2, 0.25) is 0 Å². The molecular weight excluding hydrogens is 148 g/mol. The van der Waals surface area contributed by atoms with Crippen LogP contribution in [-0.4, -0.2) is 38.1 Å². The van der Waals surface area contributed by atoms with Crippen molar-refractivity contribution < 1.29 is 0 Å². The van der Waals surface area contributed by atoms with Crippen LogP contribution in [0.5, 0.6) is 0 Å². The molecule has 0 atom stereocenters. The number of rotatable bonds is 3. The van der Waals surface area contributed by atoms with E-state index >= 15 is 0 Å². The van der Waals surface area contributed by atoms with Crippen LogP contribution < -0.4 is 12.1 Å². The van der Waals surface area contributed by atoms with Gasteiger partial charge >= 0.3 is 50.2 Å². The Morgan fingerprint density at radius 3 is 1.14 bits per heavy atom. The van der Waals surface area contributed by atoms with Crippen molar-refractivity contribution in [3.05, 3.63) is 0 Å². The molecule has 0 rings (SSSR count). The van der Waals surface area contributed by atoms with Gasteiger partial charge < -0.3 is 0 Å². The van der Waals surface area contributed by atoms with Crippen LogP contribution >= 0.6 is 0 Å². The summed E-state index contributed by atoms with van der Waals surface area (Å²) in [5.41, 5.74) is 0. The molecule has 0 saturated heterocycles. The molecule has 0 spiro atoms. The van der Waals surface area contributed by atoms with E-state index in [1.165, 1.54) is 0 Å². The van der Waals surface area contributed by atoms with Gasteiger partial charge in [0.25, 0.3) is 0 Å². The van der Waals surface area contributed by atoms with Crippen LogP contribution in [0.3, 0.4) is 0 Å². The number of nitrogens with one attached hydrogen (secondary N) is 3. The van der Waals surface area contributed by atoms with Gasteiger partial charge in [-0.05, 0) is 0 Å². The van der Waals surface area contributed by atoms with Crippen molar-refractivity contribution in [3.8, 4) is 0 Å². The maximum atomic E-state index is 3.17. The molecule has 3 N–H and O–H groups in total. The van der Waals surface area contributed by atoms with Gasteiger partial charge in [-0.15, -0.1) is 0 Å². The predicted molar refractivity (Wildman–Crippen MR) is 32.9 cm³/mol. The normalized spacial score (nSPS) is 9.00. The molecule has 0 heterocycles. The Morgan fingerprint density at radius 2 is 1.14 bits per heavy atom. The molecule has 0 aliphatic carbocycles. The van der Waals surface area contributed by atoms with Crippen molar-refractivity contribution in [1.29, 1.82) is 0 Å². The molecule has 0 radical (unpaired) electrons. The van der Waals surface area contributed by atoms with Gasteiger partial charge in [0, 0.05) is 0 Å². The first-order valence-corrected chi connectivity index (χ1v) is 6.00. The minimum absolute atomic E-state index is 1.33. The second-order valence-electron chi connectivity index (χ2n) is 1.30. The van der Waals surface area contributed by atoms with Crippen LogP contribution in [0.2, 0.25) is 0 Å². The Bertz CT molecular complexity index is 31.7. The molecule has 42 valence electrons. The van der Waals surface area contributed by atoms with Crippen LogP contribution in [0.4, 0.5) is 0 Å². The SMILES string of the molecule is C[NH][Ga]([NH]C)[NH]C. The van der Waals surface area contributed by atoms with E-state index in [0.717, 1.165) is 0 Å². The van der Waals surface area contributed by atoms with Gasteiger partial charge in [0.05, 0.1) is 0 Å². The van der Waals surface area contributed by atoms with Gasteiger partial charge in [-0.3, -0.25) is 0 Å². The van der Waals surface area contributed by atoms with Crippen molar-refractivity contribution in [1.82, 2.24) is 12.1 Å². The second kappa shape index (κ2) is 4.67. The predicted octanol–water partition coefficient (Wildman–Crippen LogP) is -1.37. The summed E-state index contributed by atoms with van der Waals surface area (Å²) in [6.07, 6.45) is 0. The molecule has 0 saturated carbocycles. The summed E-state index contributed by atoms with van der Waals surface area (Å²) in [4.78, 5) is 0. The number of hydrogen-bond acceptors (Lipinski definition) is 3. The average Bonchev–Trinajstić information content (AvgIpc) is 1.72. The van der Waals surface area contributed by atoms with E-state index in [2.05, 4.69) is 12.1 Å². The fourth-order valence-corrected chi connectivity index (χ4v) is 2.25. The van der Waals surface area contributed by atoms with Gasteiger partial charge in [0.15, 0.2) is 0 Å². The Kier molecular flexibility index (Phi) is 5.01. The first-order valence-electron chi connectivity index (χ1n) is 2.37. The Hall–Kier alpha value is 0.516. The summed E-state index contributed by atoms with van der Waals surface area (Å²) in [6, 6.07) is 0. The summed E-state index contributed by atoms with van der Waals surface area (Å²) in [6.45, 7) is 0. The molecule has 0 amide bonds. The fraction of sp³-hybridized carbons (Fsp3) is 1.00. The average molecular weight is 160 g/mol. The first kappa shape index (κ1) is 7.52. The Balaban J connectivity index is 2.99. The third-order valence-electron chi connectivity index (χ3n) is 0.866. The third kappa shape index (κ3) is 3.13. The van der Waals surface area contributed by atoms with Crippen LogP contribution in [0, 0.1) is 0 Å². The molecule has 0 aromatic rings. The summed E-state index contributed by atoms with van der Waals surface area (Å²) < 4.78 is 9.50. The van der Waals surface area contributed by atoms with Crippen molar-refractivity contribution in [2.45, 2.75) is 0 Å². The van der Waals surface area contributed by atoms with E-state index < -0.39 is 16.9 Å². The molecule has 0 fully saturated rings. The zero-order chi connectivity index (χ0) is 5.70. The monoisotopic (exact) mass is 159 g/mol. The summed E-state index contributed by atoms with van der Waals surface area (Å²) >= 11 is -1.33. The standard InChI is InChI=1S/3CH4N.Ga/c3*1-2;/h3*2H,1H3;/q3*-1;+3. The first-order chi connectivity index (χ1) is 3.35. The van der Waals surface area contributed by atoms with Crippen molar-refractivity contribution in [3.63, 3.8) is 0 Å². The van der Waals surface area contributed by atoms with Gasteiger partial charge in [0.1, 0.15) is 0 Å². The van der Waals surface area contributed by atoms with Crippen LogP contribution in [-0.2, 0) is 0 Å². The molecule has 0 aliphatic heterocycles. The third-order valence-corrected chi connectivity index (χ3v) is 4.50. The van der Waals surface area contributed by atoms with E-state index in [1.54, 1.807) is 0 Å². The van der Waals surface area contributed by atoms with Crippen molar-refractivity contribution >= 4 is 16.9 Å². The van der Waals surface area contributed by atoms with Gasteiger partial charge in [-0.1, -0.05) is 0 Å².